The molecule has 2 heterocycles. The highest BCUT2D eigenvalue weighted by Crippen LogP contribution is 2.62. The second-order valence-corrected chi connectivity index (χ2v) is 20.3. The molecule has 2 aliphatic heterocycles. The van der Waals surface area contributed by atoms with E-state index in [0.29, 0.717) is 47.2 Å². The zero-order valence-corrected chi connectivity index (χ0v) is 39.9. The first kappa shape index (κ1) is 49.1. The van der Waals surface area contributed by atoms with Gasteiger partial charge in [-0.2, -0.15) is 0 Å². The summed E-state index contributed by atoms with van der Waals surface area (Å²) in [6.45, 7) is 18.7. The summed E-state index contributed by atoms with van der Waals surface area (Å²) in [5, 5.41) is 3.02. The van der Waals surface area contributed by atoms with E-state index in [1.165, 1.54) is 108 Å². The number of hydrogen-bond donors (Lipinski definition) is 2. The fourth-order valence-corrected chi connectivity index (χ4v) is 11.2. The molecule has 0 bridgehead atoms. The molecular weight excluding hydrogens is 759 g/mol. The van der Waals surface area contributed by atoms with E-state index in [9.17, 15) is 9.59 Å². The number of esters is 1. The molecular formula is C53H85N3O5. The molecule has 1 spiro atoms. The molecule has 342 valence electrons. The predicted octanol–water partition coefficient (Wildman–Crippen LogP) is 12.4. The van der Waals surface area contributed by atoms with Crippen LogP contribution in [-0.2, 0) is 14.9 Å². The number of fused-ring (bicyclic) bond motifs is 1. The standard InChI is InChI=1S/C52H80N2O5.CH5N/c1-9-10-11-12-13-14-15-16-17-18-19-20-21-22-47(55)53-41-28-26-40(27-29-41)50(56)58-44-30-23-36(2)48-49(44)59-46-34-45(57-8)42(37(3)51(5,6)7)33-43-38(4)54(35-39-24-25-39)32-31-52(43,46)48;1-2/h23,26-30,37-39,42-43,45-46H,9-22,24-25,31-35H2,1-8H3,(H,53,55);2H2,1H3. The van der Waals surface area contributed by atoms with Crippen molar-refractivity contribution in [1.29, 1.82) is 0 Å². The highest BCUT2D eigenvalue weighted by Gasteiger charge is 2.62. The van der Waals surface area contributed by atoms with Gasteiger partial charge in [0.1, 0.15) is 6.10 Å². The second kappa shape index (κ2) is 23.1. The number of anilines is 1. The Kier molecular flexibility index (Phi) is 18.6. The van der Waals surface area contributed by atoms with Crippen LogP contribution in [0.25, 0.3) is 0 Å². The summed E-state index contributed by atoms with van der Waals surface area (Å²) in [7, 11) is 3.38. The average molecular weight is 844 g/mol. The van der Waals surface area contributed by atoms with Crippen molar-refractivity contribution in [3.8, 4) is 11.5 Å². The molecule has 61 heavy (non-hydrogen) atoms. The number of carbonyl (C=O) groups is 2. The molecule has 8 heteroatoms. The summed E-state index contributed by atoms with van der Waals surface area (Å²) in [5.41, 5.74) is 8.07. The van der Waals surface area contributed by atoms with E-state index < -0.39 is 5.97 Å². The number of aryl methyl sites for hydroxylation is 1. The average Bonchev–Trinajstić information content (AvgIpc) is 4.03. The number of benzene rings is 2. The summed E-state index contributed by atoms with van der Waals surface area (Å²) in [4.78, 5) is 29.3. The Balaban J connectivity index is 0.00000347. The summed E-state index contributed by atoms with van der Waals surface area (Å²) in [6.07, 6.45) is 22.9. The van der Waals surface area contributed by atoms with Gasteiger partial charge in [0.25, 0.3) is 0 Å². The minimum Gasteiger partial charge on any atom is -0.485 e. The molecule has 7 atom stereocenters. The van der Waals surface area contributed by atoms with Gasteiger partial charge in [0.2, 0.25) is 5.91 Å². The van der Waals surface area contributed by atoms with E-state index in [1.807, 2.05) is 13.2 Å². The van der Waals surface area contributed by atoms with Gasteiger partial charge in [-0.05, 0) is 125 Å². The summed E-state index contributed by atoms with van der Waals surface area (Å²) < 4.78 is 19.8. The molecule has 4 aliphatic rings. The van der Waals surface area contributed by atoms with Crippen LogP contribution in [0.1, 0.15) is 185 Å². The molecule has 2 aromatic rings. The molecule has 1 amide bonds. The van der Waals surface area contributed by atoms with Crippen LogP contribution in [0.5, 0.6) is 11.5 Å². The minimum atomic E-state index is -0.424. The van der Waals surface area contributed by atoms with E-state index in [4.69, 9.17) is 14.2 Å². The molecule has 2 saturated carbocycles. The lowest BCUT2D eigenvalue weighted by Crippen LogP contribution is -2.59. The van der Waals surface area contributed by atoms with Crippen LogP contribution in [-0.4, -0.2) is 62.3 Å². The lowest BCUT2D eigenvalue weighted by molar-refractivity contribution is -0.116. The number of carbonyl (C=O) groups excluding carboxylic acids is 2. The lowest BCUT2D eigenvalue weighted by atomic mass is 9.58. The van der Waals surface area contributed by atoms with Crippen molar-refractivity contribution in [2.24, 2.45) is 34.8 Å². The van der Waals surface area contributed by atoms with Crippen LogP contribution in [0.15, 0.2) is 36.4 Å². The van der Waals surface area contributed by atoms with Crippen LogP contribution < -0.4 is 20.5 Å². The highest BCUT2D eigenvalue weighted by molar-refractivity contribution is 5.94. The Hall–Kier alpha value is -2.94. The third-order valence-corrected chi connectivity index (χ3v) is 15.3. The van der Waals surface area contributed by atoms with E-state index in [1.54, 1.807) is 24.3 Å². The smallest absolute Gasteiger partial charge is 0.343 e. The predicted molar refractivity (Wildman–Crippen MR) is 252 cm³/mol. The summed E-state index contributed by atoms with van der Waals surface area (Å²) in [6, 6.07) is 11.5. The van der Waals surface area contributed by atoms with Gasteiger partial charge in [0, 0.05) is 49.2 Å². The Bertz CT molecular complexity index is 1670. The maximum atomic E-state index is 13.8. The van der Waals surface area contributed by atoms with Gasteiger partial charge >= 0.3 is 5.97 Å². The van der Waals surface area contributed by atoms with Gasteiger partial charge in [-0.1, -0.05) is 118 Å². The van der Waals surface area contributed by atoms with E-state index >= 15 is 0 Å². The van der Waals surface area contributed by atoms with E-state index in [-0.39, 0.29) is 28.9 Å². The zero-order valence-electron chi connectivity index (χ0n) is 39.9. The monoisotopic (exact) mass is 844 g/mol. The molecule has 0 aromatic heterocycles. The van der Waals surface area contributed by atoms with Crippen molar-refractivity contribution in [3.05, 3.63) is 53.1 Å². The lowest BCUT2D eigenvalue weighted by Gasteiger charge is -2.52. The number of amides is 1. The summed E-state index contributed by atoms with van der Waals surface area (Å²) in [5.74, 6) is 2.94. The first-order valence-electron chi connectivity index (χ1n) is 24.6. The van der Waals surface area contributed by atoms with Crippen molar-refractivity contribution in [1.82, 2.24) is 4.90 Å². The van der Waals surface area contributed by atoms with Gasteiger partial charge in [-0.15, -0.1) is 0 Å². The van der Waals surface area contributed by atoms with Gasteiger partial charge in [0.05, 0.1) is 11.7 Å². The van der Waals surface area contributed by atoms with Crippen molar-refractivity contribution < 1.29 is 23.8 Å². The van der Waals surface area contributed by atoms with Gasteiger partial charge in [-0.3, -0.25) is 4.79 Å². The topological polar surface area (TPSA) is 103 Å². The van der Waals surface area contributed by atoms with Gasteiger partial charge < -0.3 is 30.2 Å². The van der Waals surface area contributed by atoms with E-state index in [2.05, 4.69) is 70.5 Å². The Morgan fingerprint density at radius 3 is 2.08 bits per heavy atom. The number of ether oxygens (including phenoxy) is 3. The van der Waals surface area contributed by atoms with Crippen LogP contribution in [0.4, 0.5) is 5.69 Å². The number of piperidine rings is 1. The maximum Gasteiger partial charge on any atom is 0.343 e. The molecule has 7 unspecified atom stereocenters. The number of nitrogens with zero attached hydrogens (tertiary/aromatic N) is 1. The SMILES string of the molecule is CCCCCCCCCCCCCCCC(=O)Nc1ccc(C(=O)Oc2ccc(C)c3c2OC2CC(OC)C(C(C)C(C)(C)C)CC4C(C)N(CC5CC5)CCC324)cc1.CN. The molecule has 0 radical (unpaired) electrons. The Labute approximate surface area is 371 Å². The van der Waals surface area contributed by atoms with Gasteiger partial charge in [-0.25, -0.2) is 4.79 Å². The van der Waals surface area contributed by atoms with Crippen LogP contribution in [0, 0.1) is 36.0 Å². The van der Waals surface area contributed by atoms with Crippen LogP contribution in [0.3, 0.4) is 0 Å². The van der Waals surface area contributed by atoms with Crippen LogP contribution in [0.2, 0.25) is 0 Å². The Morgan fingerprint density at radius 2 is 1.51 bits per heavy atom. The van der Waals surface area contributed by atoms with Crippen LogP contribution >= 0.6 is 0 Å². The Morgan fingerprint density at radius 1 is 0.902 bits per heavy atom. The zero-order chi connectivity index (χ0) is 44.2. The van der Waals surface area contributed by atoms with Crippen molar-refractivity contribution in [2.45, 2.75) is 194 Å². The molecule has 3 N–H and O–H groups in total. The number of rotatable bonds is 21. The fraction of sp³-hybridized carbons (Fsp3) is 0.736. The maximum absolute atomic E-state index is 13.8. The largest absolute Gasteiger partial charge is 0.485 e. The third kappa shape index (κ3) is 12.4. The molecule has 2 aliphatic carbocycles. The molecule has 3 fully saturated rings. The quantitative estimate of drug-likeness (QED) is 0.0733. The highest BCUT2D eigenvalue weighted by atomic mass is 16.6. The third-order valence-electron chi connectivity index (χ3n) is 15.3. The van der Waals surface area contributed by atoms with Crippen molar-refractivity contribution in [3.63, 3.8) is 0 Å². The van der Waals surface area contributed by atoms with Gasteiger partial charge in [0.15, 0.2) is 11.5 Å². The normalized spacial score (nSPS) is 25.2. The number of likely N-dealkylation sites (tertiary alicyclic amines) is 1. The fourth-order valence-electron chi connectivity index (χ4n) is 11.2. The second-order valence-electron chi connectivity index (χ2n) is 20.3. The van der Waals surface area contributed by atoms with E-state index in [0.717, 1.165) is 50.3 Å². The van der Waals surface area contributed by atoms with Crippen molar-refractivity contribution >= 4 is 17.6 Å². The number of methoxy groups -OCH3 is 1. The number of nitrogens with two attached hydrogens (primary N) is 1. The molecule has 6 rings (SSSR count). The number of unbranched alkanes of at least 4 members (excludes halogenated alkanes) is 12. The molecule has 8 nitrogen and oxygen atoms in total. The first-order valence-corrected chi connectivity index (χ1v) is 24.6. The number of nitrogens with one attached hydrogen (secondary N) is 1. The molecule has 1 saturated heterocycles. The summed E-state index contributed by atoms with van der Waals surface area (Å²) >= 11 is 0. The minimum absolute atomic E-state index is 0.0216. The van der Waals surface area contributed by atoms with Crippen molar-refractivity contribution in [2.75, 3.05) is 32.6 Å². The molecule has 2 aromatic carbocycles. The first-order chi connectivity index (χ1) is 29.4. The number of hydrogen-bond acceptors (Lipinski definition) is 7.